The molecule has 2 aromatic carbocycles. The van der Waals surface area contributed by atoms with Gasteiger partial charge in [-0.3, -0.25) is 4.79 Å². The molecular formula is C18H19FN2O2. The summed E-state index contributed by atoms with van der Waals surface area (Å²) in [6.45, 7) is 2.74. The van der Waals surface area contributed by atoms with E-state index >= 15 is 0 Å². The topological polar surface area (TPSA) is 50.7 Å². The Bertz CT molecular complexity index is 669. The zero-order chi connectivity index (χ0) is 16.5. The fourth-order valence-corrected chi connectivity index (χ4v) is 1.87. The molecular weight excluding hydrogens is 295 g/mol. The summed E-state index contributed by atoms with van der Waals surface area (Å²) in [4.78, 5) is 11.9. The first-order valence-corrected chi connectivity index (χ1v) is 7.51. The molecule has 0 bridgehead atoms. The number of para-hydroxylation sites is 1. The number of hydrogen-bond donors (Lipinski definition) is 1. The molecule has 1 N–H and O–H groups in total. The SMILES string of the molecule is CCCCOc1ccccc1C=NNC(=O)c1ccc(F)cc1. The molecule has 0 aliphatic heterocycles. The second kappa shape index (κ2) is 8.68. The Hall–Kier alpha value is -2.69. The molecule has 0 heterocycles. The van der Waals surface area contributed by atoms with Gasteiger partial charge in [0.15, 0.2) is 0 Å². The van der Waals surface area contributed by atoms with E-state index in [0.717, 1.165) is 24.2 Å². The second-order valence-electron chi connectivity index (χ2n) is 4.95. The maximum atomic E-state index is 12.8. The van der Waals surface area contributed by atoms with Crippen molar-refractivity contribution in [2.75, 3.05) is 6.61 Å². The van der Waals surface area contributed by atoms with Crippen LogP contribution in [-0.4, -0.2) is 18.7 Å². The summed E-state index contributed by atoms with van der Waals surface area (Å²) in [6.07, 6.45) is 3.57. The van der Waals surface area contributed by atoms with Crippen LogP contribution in [0.1, 0.15) is 35.7 Å². The molecule has 0 aromatic heterocycles. The first kappa shape index (κ1) is 16.7. The predicted octanol–water partition coefficient (Wildman–Crippen LogP) is 3.77. The summed E-state index contributed by atoms with van der Waals surface area (Å²) in [6, 6.07) is 12.7. The number of halogens is 1. The lowest BCUT2D eigenvalue weighted by molar-refractivity contribution is 0.0955. The Morgan fingerprint density at radius 2 is 1.96 bits per heavy atom. The molecule has 0 spiro atoms. The van der Waals surface area contributed by atoms with Gasteiger partial charge in [-0.25, -0.2) is 9.82 Å². The van der Waals surface area contributed by atoms with Gasteiger partial charge in [-0.1, -0.05) is 25.5 Å². The Morgan fingerprint density at radius 1 is 1.22 bits per heavy atom. The molecule has 0 aliphatic carbocycles. The van der Waals surface area contributed by atoms with Crippen LogP contribution in [-0.2, 0) is 0 Å². The molecule has 120 valence electrons. The molecule has 2 rings (SSSR count). The van der Waals surface area contributed by atoms with E-state index in [9.17, 15) is 9.18 Å². The first-order valence-electron chi connectivity index (χ1n) is 7.51. The summed E-state index contributed by atoms with van der Waals surface area (Å²) >= 11 is 0. The number of amides is 1. The van der Waals surface area contributed by atoms with E-state index in [2.05, 4.69) is 17.5 Å². The minimum Gasteiger partial charge on any atom is -0.493 e. The number of benzene rings is 2. The van der Waals surface area contributed by atoms with Gasteiger partial charge in [0, 0.05) is 11.1 Å². The van der Waals surface area contributed by atoms with Crippen molar-refractivity contribution in [3.63, 3.8) is 0 Å². The summed E-state index contributed by atoms with van der Waals surface area (Å²) in [5.74, 6) is -0.0606. The molecule has 1 amide bonds. The minimum absolute atomic E-state index is 0.344. The van der Waals surface area contributed by atoms with Crippen molar-refractivity contribution in [1.82, 2.24) is 5.43 Å². The maximum Gasteiger partial charge on any atom is 0.271 e. The Balaban J connectivity index is 1.97. The lowest BCUT2D eigenvalue weighted by Crippen LogP contribution is -2.17. The van der Waals surface area contributed by atoms with Crippen LogP contribution >= 0.6 is 0 Å². The molecule has 0 atom stereocenters. The van der Waals surface area contributed by atoms with E-state index < -0.39 is 5.91 Å². The van der Waals surface area contributed by atoms with Crippen molar-refractivity contribution < 1.29 is 13.9 Å². The third-order valence-corrected chi connectivity index (χ3v) is 3.15. The maximum absolute atomic E-state index is 12.8. The van der Waals surface area contributed by atoms with Gasteiger partial charge in [-0.05, 0) is 42.8 Å². The fraction of sp³-hybridized carbons (Fsp3) is 0.222. The van der Waals surface area contributed by atoms with Gasteiger partial charge in [-0.2, -0.15) is 5.10 Å². The smallest absolute Gasteiger partial charge is 0.271 e. The summed E-state index contributed by atoms with van der Waals surface area (Å²) < 4.78 is 18.5. The molecule has 0 radical (unpaired) electrons. The second-order valence-corrected chi connectivity index (χ2v) is 4.95. The number of nitrogens with zero attached hydrogens (tertiary/aromatic N) is 1. The standard InChI is InChI=1S/C18H19FN2O2/c1-2-3-12-23-17-7-5-4-6-15(17)13-20-21-18(22)14-8-10-16(19)11-9-14/h4-11,13H,2-3,12H2,1H3,(H,21,22). The number of hydrogen-bond acceptors (Lipinski definition) is 3. The third-order valence-electron chi connectivity index (χ3n) is 3.15. The highest BCUT2D eigenvalue weighted by Gasteiger charge is 2.04. The van der Waals surface area contributed by atoms with Crippen LogP contribution in [0.5, 0.6) is 5.75 Å². The van der Waals surface area contributed by atoms with Crippen LogP contribution in [0, 0.1) is 5.82 Å². The highest BCUT2D eigenvalue weighted by Crippen LogP contribution is 2.16. The monoisotopic (exact) mass is 314 g/mol. The van der Waals surface area contributed by atoms with Crippen LogP contribution in [0.3, 0.4) is 0 Å². The minimum atomic E-state index is -0.398. The first-order chi connectivity index (χ1) is 11.2. The molecule has 0 saturated heterocycles. The van der Waals surface area contributed by atoms with Gasteiger partial charge in [0.05, 0.1) is 12.8 Å². The van der Waals surface area contributed by atoms with Gasteiger partial charge in [0.1, 0.15) is 11.6 Å². The predicted molar refractivity (Wildman–Crippen MR) is 88.3 cm³/mol. The number of rotatable bonds is 7. The molecule has 5 heteroatoms. The van der Waals surface area contributed by atoms with Gasteiger partial charge in [-0.15, -0.1) is 0 Å². The molecule has 0 fully saturated rings. The molecule has 0 unspecified atom stereocenters. The van der Waals surface area contributed by atoms with E-state index in [4.69, 9.17) is 4.74 Å². The fourth-order valence-electron chi connectivity index (χ4n) is 1.87. The van der Waals surface area contributed by atoms with Crippen molar-refractivity contribution >= 4 is 12.1 Å². The molecule has 0 aliphatic rings. The van der Waals surface area contributed by atoms with Crippen molar-refractivity contribution in [2.24, 2.45) is 5.10 Å². The average Bonchev–Trinajstić information content (AvgIpc) is 2.57. The zero-order valence-corrected chi connectivity index (χ0v) is 13.0. The quantitative estimate of drug-likeness (QED) is 0.480. The Labute approximate surface area is 135 Å². The lowest BCUT2D eigenvalue weighted by Gasteiger charge is -2.08. The number of ether oxygens (including phenoxy) is 1. The molecule has 23 heavy (non-hydrogen) atoms. The van der Waals surface area contributed by atoms with Gasteiger partial charge in [0.25, 0.3) is 5.91 Å². The van der Waals surface area contributed by atoms with Crippen LogP contribution in [0.25, 0.3) is 0 Å². The van der Waals surface area contributed by atoms with E-state index in [0.29, 0.717) is 12.2 Å². The zero-order valence-electron chi connectivity index (χ0n) is 13.0. The average molecular weight is 314 g/mol. The Morgan fingerprint density at radius 3 is 2.70 bits per heavy atom. The van der Waals surface area contributed by atoms with E-state index in [-0.39, 0.29) is 5.82 Å². The lowest BCUT2D eigenvalue weighted by atomic mass is 10.2. The number of carbonyl (C=O) groups is 1. The number of carbonyl (C=O) groups excluding carboxylic acids is 1. The van der Waals surface area contributed by atoms with Crippen LogP contribution in [0.2, 0.25) is 0 Å². The van der Waals surface area contributed by atoms with E-state index in [1.54, 1.807) is 0 Å². The molecule has 4 nitrogen and oxygen atoms in total. The summed E-state index contributed by atoms with van der Waals surface area (Å²) in [5.41, 5.74) is 3.54. The Kier molecular flexibility index (Phi) is 6.29. The summed E-state index contributed by atoms with van der Waals surface area (Å²) in [5, 5.41) is 3.93. The highest BCUT2D eigenvalue weighted by atomic mass is 19.1. The van der Waals surface area contributed by atoms with E-state index in [1.807, 2.05) is 24.3 Å². The number of hydrazone groups is 1. The molecule has 0 saturated carbocycles. The van der Waals surface area contributed by atoms with Crippen molar-refractivity contribution in [1.29, 1.82) is 0 Å². The van der Waals surface area contributed by atoms with Crippen molar-refractivity contribution in [3.05, 3.63) is 65.5 Å². The largest absolute Gasteiger partial charge is 0.493 e. The van der Waals surface area contributed by atoms with Crippen LogP contribution in [0.4, 0.5) is 4.39 Å². The van der Waals surface area contributed by atoms with Gasteiger partial charge in [0.2, 0.25) is 0 Å². The number of nitrogens with one attached hydrogen (secondary N) is 1. The van der Waals surface area contributed by atoms with E-state index in [1.165, 1.54) is 30.5 Å². The van der Waals surface area contributed by atoms with Crippen molar-refractivity contribution in [2.45, 2.75) is 19.8 Å². The van der Waals surface area contributed by atoms with Crippen LogP contribution in [0.15, 0.2) is 53.6 Å². The van der Waals surface area contributed by atoms with Crippen molar-refractivity contribution in [3.8, 4) is 5.75 Å². The third kappa shape index (κ3) is 5.21. The van der Waals surface area contributed by atoms with Crippen LogP contribution < -0.4 is 10.2 Å². The molecule has 2 aromatic rings. The summed E-state index contributed by atoms with van der Waals surface area (Å²) in [7, 11) is 0. The van der Waals surface area contributed by atoms with Gasteiger partial charge < -0.3 is 4.74 Å². The highest BCUT2D eigenvalue weighted by molar-refractivity contribution is 5.95. The number of unbranched alkanes of at least 4 members (excludes halogenated alkanes) is 1. The van der Waals surface area contributed by atoms with Gasteiger partial charge >= 0.3 is 0 Å². The normalized spacial score (nSPS) is 10.7.